The van der Waals surface area contributed by atoms with E-state index in [0.29, 0.717) is 17.8 Å². The van der Waals surface area contributed by atoms with E-state index in [1.54, 1.807) is 11.3 Å². The molecule has 2 atom stereocenters. The van der Waals surface area contributed by atoms with Crippen molar-refractivity contribution in [2.75, 3.05) is 18.0 Å². The number of hydrogen-bond donors (Lipinski definition) is 0. The fourth-order valence-corrected chi connectivity index (χ4v) is 4.71. The van der Waals surface area contributed by atoms with Crippen molar-refractivity contribution in [3.8, 4) is 0 Å². The molecule has 4 heteroatoms. The third-order valence-electron chi connectivity index (χ3n) is 5.64. The molecule has 0 bridgehead atoms. The second-order valence-electron chi connectivity index (χ2n) is 8.26. The lowest BCUT2D eigenvalue weighted by Crippen LogP contribution is -2.34. The maximum Gasteiger partial charge on any atom is 0.186 e. The lowest BCUT2D eigenvalue weighted by Gasteiger charge is -2.30. The molecule has 2 unspecified atom stereocenters. The summed E-state index contributed by atoms with van der Waals surface area (Å²) in [5.41, 5.74) is 0.971. The Balaban J connectivity index is 3.06. The van der Waals surface area contributed by atoms with E-state index in [2.05, 4.69) is 46.4 Å². The highest BCUT2D eigenvalue weighted by molar-refractivity contribution is 7.17. The first-order valence-electron chi connectivity index (χ1n) is 11.2. The summed E-state index contributed by atoms with van der Waals surface area (Å²) >= 11 is 1.60. The highest BCUT2D eigenvalue weighted by Crippen LogP contribution is 2.32. The van der Waals surface area contributed by atoms with Gasteiger partial charge in [-0.2, -0.15) is 0 Å². The Labute approximate surface area is 172 Å². The third-order valence-corrected chi connectivity index (χ3v) is 6.70. The topological polar surface area (TPSA) is 33.2 Å². The lowest BCUT2D eigenvalue weighted by atomic mass is 9.96. The molecule has 1 rings (SSSR count). The van der Waals surface area contributed by atoms with Crippen LogP contribution in [0.4, 0.5) is 5.13 Å². The second kappa shape index (κ2) is 13.3. The van der Waals surface area contributed by atoms with Crippen molar-refractivity contribution in [1.82, 2.24) is 4.98 Å². The van der Waals surface area contributed by atoms with Crippen LogP contribution in [0.2, 0.25) is 0 Å². The number of aldehydes is 1. The van der Waals surface area contributed by atoms with E-state index in [0.717, 1.165) is 35.1 Å². The lowest BCUT2D eigenvalue weighted by molar-refractivity contribution is 0.112. The predicted octanol–water partition coefficient (Wildman–Crippen LogP) is 7.32. The Morgan fingerprint density at radius 3 is 1.81 bits per heavy atom. The van der Waals surface area contributed by atoms with Gasteiger partial charge >= 0.3 is 0 Å². The van der Waals surface area contributed by atoms with Crippen molar-refractivity contribution < 1.29 is 4.79 Å². The Kier molecular flexibility index (Phi) is 11.9. The summed E-state index contributed by atoms with van der Waals surface area (Å²) in [5.74, 6) is 1.71. The maximum atomic E-state index is 11.6. The fourth-order valence-electron chi connectivity index (χ4n) is 3.65. The van der Waals surface area contributed by atoms with Crippen LogP contribution in [0.3, 0.4) is 0 Å². The van der Waals surface area contributed by atoms with Gasteiger partial charge in [-0.1, -0.05) is 91.4 Å². The van der Waals surface area contributed by atoms with Crippen LogP contribution in [0.25, 0.3) is 0 Å². The van der Waals surface area contributed by atoms with Gasteiger partial charge in [0, 0.05) is 13.1 Å². The zero-order valence-electron chi connectivity index (χ0n) is 18.6. The van der Waals surface area contributed by atoms with Crippen LogP contribution >= 0.6 is 11.3 Å². The number of carbonyl (C=O) groups excluding carboxylic acids is 1. The third kappa shape index (κ3) is 7.93. The quantitative estimate of drug-likeness (QED) is 0.292. The Hall–Kier alpha value is -0.900. The average Bonchev–Trinajstić information content (AvgIpc) is 3.11. The molecular weight excluding hydrogens is 352 g/mol. The summed E-state index contributed by atoms with van der Waals surface area (Å²) in [5, 5.41) is 1.06. The first-order valence-corrected chi connectivity index (χ1v) is 12.0. The monoisotopic (exact) mass is 394 g/mol. The van der Waals surface area contributed by atoms with Gasteiger partial charge in [-0.15, -0.1) is 0 Å². The van der Waals surface area contributed by atoms with Gasteiger partial charge in [-0.3, -0.25) is 4.79 Å². The largest absolute Gasteiger partial charge is 0.348 e. The fraction of sp³-hybridized carbons (Fsp3) is 0.826. The summed E-state index contributed by atoms with van der Waals surface area (Å²) in [4.78, 5) is 19.8. The number of nitrogens with zero attached hydrogens (tertiary/aromatic N) is 2. The van der Waals surface area contributed by atoms with Crippen LogP contribution in [-0.2, 0) is 0 Å². The van der Waals surface area contributed by atoms with E-state index in [-0.39, 0.29) is 0 Å². The molecule has 1 aromatic rings. The van der Waals surface area contributed by atoms with Gasteiger partial charge in [0.15, 0.2) is 11.4 Å². The van der Waals surface area contributed by atoms with Gasteiger partial charge < -0.3 is 4.90 Å². The highest BCUT2D eigenvalue weighted by atomic mass is 32.1. The van der Waals surface area contributed by atoms with Crippen molar-refractivity contribution in [3.05, 3.63) is 10.6 Å². The zero-order chi connectivity index (χ0) is 20.2. The molecular formula is C23H42N2OS. The van der Waals surface area contributed by atoms with Gasteiger partial charge in [0.2, 0.25) is 0 Å². The van der Waals surface area contributed by atoms with Gasteiger partial charge in [0.25, 0.3) is 0 Å². The van der Waals surface area contributed by atoms with E-state index in [4.69, 9.17) is 4.98 Å². The van der Waals surface area contributed by atoms with E-state index in [1.807, 2.05) is 0 Å². The molecule has 0 spiro atoms. The minimum Gasteiger partial charge on any atom is -0.348 e. The van der Waals surface area contributed by atoms with Crippen molar-refractivity contribution in [2.45, 2.75) is 98.8 Å². The molecule has 0 N–H and O–H groups in total. The van der Waals surface area contributed by atoms with Crippen molar-refractivity contribution >= 4 is 22.8 Å². The molecule has 0 saturated heterocycles. The smallest absolute Gasteiger partial charge is 0.186 e. The number of aromatic nitrogens is 1. The Morgan fingerprint density at radius 1 is 0.963 bits per heavy atom. The average molecular weight is 395 g/mol. The van der Waals surface area contributed by atoms with Gasteiger partial charge in [0.1, 0.15) is 0 Å². The standard InChI is InChI=1S/C23H42N2OS/c1-7-11-13-19(9-3)15-25(16-20(10-4)14-12-8-2)23-24-22(18(5)6)21(17-26)27-23/h17-20H,7-16H2,1-6H3. The number of thiazole rings is 1. The predicted molar refractivity (Wildman–Crippen MR) is 120 cm³/mol. The molecule has 3 nitrogen and oxygen atoms in total. The van der Waals surface area contributed by atoms with Crippen LogP contribution in [0.5, 0.6) is 0 Å². The molecule has 0 saturated carbocycles. The van der Waals surface area contributed by atoms with E-state index >= 15 is 0 Å². The maximum absolute atomic E-state index is 11.6. The first kappa shape index (κ1) is 24.1. The first-order chi connectivity index (χ1) is 13.0. The van der Waals surface area contributed by atoms with Gasteiger partial charge in [-0.25, -0.2) is 4.98 Å². The Bertz CT molecular complexity index is 508. The molecule has 0 aliphatic rings. The molecule has 0 amide bonds. The molecule has 0 aromatic carbocycles. The number of unbranched alkanes of at least 4 members (excludes halogenated alkanes) is 2. The normalized spacial score (nSPS) is 13.7. The molecule has 0 fully saturated rings. The summed E-state index contributed by atoms with van der Waals surface area (Å²) in [7, 11) is 0. The molecule has 156 valence electrons. The van der Waals surface area contributed by atoms with Crippen LogP contribution in [0.15, 0.2) is 0 Å². The Morgan fingerprint density at radius 2 is 1.48 bits per heavy atom. The molecule has 0 radical (unpaired) electrons. The van der Waals surface area contributed by atoms with Crippen molar-refractivity contribution in [3.63, 3.8) is 0 Å². The number of hydrogen-bond acceptors (Lipinski definition) is 4. The summed E-state index contributed by atoms with van der Waals surface area (Å²) in [6, 6.07) is 0. The van der Waals surface area contributed by atoms with E-state index in [1.165, 1.54) is 51.4 Å². The second-order valence-corrected chi connectivity index (χ2v) is 9.27. The van der Waals surface area contributed by atoms with E-state index in [9.17, 15) is 4.79 Å². The summed E-state index contributed by atoms with van der Waals surface area (Å²) in [6.45, 7) is 15.6. The van der Waals surface area contributed by atoms with Crippen LogP contribution in [0, 0.1) is 11.8 Å². The van der Waals surface area contributed by atoms with Crippen LogP contribution < -0.4 is 4.90 Å². The van der Waals surface area contributed by atoms with Gasteiger partial charge in [-0.05, 0) is 30.6 Å². The minimum atomic E-state index is 0.293. The highest BCUT2D eigenvalue weighted by Gasteiger charge is 2.22. The van der Waals surface area contributed by atoms with Crippen LogP contribution in [-0.4, -0.2) is 24.4 Å². The molecule has 1 aromatic heterocycles. The van der Waals surface area contributed by atoms with Crippen molar-refractivity contribution in [1.29, 1.82) is 0 Å². The van der Waals surface area contributed by atoms with Gasteiger partial charge in [0.05, 0.1) is 10.6 Å². The number of rotatable bonds is 15. The summed E-state index contributed by atoms with van der Waals surface area (Å²) in [6.07, 6.45) is 11.1. The molecule has 0 aliphatic heterocycles. The summed E-state index contributed by atoms with van der Waals surface area (Å²) < 4.78 is 0. The number of carbonyl (C=O) groups is 1. The zero-order valence-corrected chi connectivity index (χ0v) is 19.4. The van der Waals surface area contributed by atoms with Crippen molar-refractivity contribution in [2.24, 2.45) is 11.8 Å². The van der Waals surface area contributed by atoms with Crippen LogP contribution in [0.1, 0.15) is 114 Å². The molecule has 27 heavy (non-hydrogen) atoms. The number of anilines is 1. The molecule has 0 aliphatic carbocycles. The molecule has 1 heterocycles. The van der Waals surface area contributed by atoms with E-state index < -0.39 is 0 Å². The minimum absolute atomic E-state index is 0.293. The SMILES string of the molecule is CCCCC(CC)CN(CC(CC)CCCC)c1nc(C(C)C)c(C=O)s1.